The molecule has 0 radical (unpaired) electrons. The molecule has 2 aromatic rings. The highest BCUT2D eigenvalue weighted by Crippen LogP contribution is 2.15. The monoisotopic (exact) mass is 293 g/mol. The van der Waals surface area contributed by atoms with Gasteiger partial charge in [0.1, 0.15) is 0 Å². The van der Waals surface area contributed by atoms with Crippen molar-refractivity contribution in [1.29, 1.82) is 5.26 Å². The molecule has 0 aliphatic carbocycles. The van der Waals surface area contributed by atoms with Crippen LogP contribution in [0.5, 0.6) is 0 Å². The Morgan fingerprint density at radius 1 is 1.14 bits per heavy atom. The van der Waals surface area contributed by atoms with E-state index in [4.69, 9.17) is 5.26 Å². The Kier molecular flexibility index (Phi) is 5.16. The number of hydrogen-bond donors (Lipinski definition) is 1. The largest absolute Gasteiger partial charge is 0.375 e. The minimum atomic E-state index is -0.140. The number of hydrogen-bond acceptors (Lipinski definition) is 3. The summed E-state index contributed by atoms with van der Waals surface area (Å²) >= 11 is 0. The third-order valence-corrected chi connectivity index (χ3v) is 3.54. The van der Waals surface area contributed by atoms with Crippen molar-refractivity contribution in [2.75, 3.05) is 23.8 Å². The Balaban J connectivity index is 2.04. The molecule has 1 N–H and O–H groups in total. The van der Waals surface area contributed by atoms with Gasteiger partial charge in [0.25, 0.3) is 5.91 Å². The number of nitrogens with zero attached hydrogens (tertiary/aromatic N) is 2. The molecule has 0 bridgehead atoms. The first-order chi connectivity index (χ1) is 10.6. The van der Waals surface area contributed by atoms with E-state index in [1.807, 2.05) is 55.6 Å². The molecule has 0 atom stereocenters. The lowest BCUT2D eigenvalue weighted by atomic mass is 10.1. The van der Waals surface area contributed by atoms with Crippen molar-refractivity contribution in [2.24, 2.45) is 0 Å². The predicted octanol–water partition coefficient (Wildman–Crippen LogP) is 3.46. The zero-order chi connectivity index (χ0) is 15.9. The van der Waals surface area contributed by atoms with Crippen molar-refractivity contribution in [3.63, 3.8) is 0 Å². The highest BCUT2D eigenvalue weighted by atomic mass is 16.1. The molecule has 0 heterocycles. The molecule has 0 saturated heterocycles. The average molecular weight is 293 g/mol. The topological polar surface area (TPSA) is 56.1 Å². The van der Waals surface area contributed by atoms with Crippen LogP contribution in [0.25, 0.3) is 0 Å². The lowest BCUT2D eigenvalue weighted by Crippen LogP contribution is -2.16. The Morgan fingerprint density at radius 2 is 1.77 bits per heavy atom. The van der Waals surface area contributed by atoms with Crippen molar-refractivity contribution in [3.05, 3.63) is 59.7 Å². The SMILES string of the molecule is CCN(C)c1ccc(C(=O)Nc2ccc(CC#N)cc2)cc1. The molecule has 0 aliphatic rings. The Hall–Kier alpha value is -2.80. The first kappa shape index (κ1) is 15.6. The summed E-state index contributed by atoms with van der Waals surface area (Å²) in [5, 5.41) is 11.5. The number of benzene rings is 2. The molecule has 112 valence electrons. The van der Waals surface area contributed by atoms with Crippen LogP contribution in [0.2, 0.25) is 0 Å². The molecule has 0 aromatic heterocycles. The molecule has 1 amide bonds. The summed E-state index contributed by atoms with van der Waals surface area (Å²) in [5.74, 6) is -0.140. The molecular formula is C18H19N3O. The molecule has 0 saturated carbocycles. The van der Waals surface area contributed by atoms with Gasteiger partial charge in [0, 0.05) is 30.5 Å². The maximum atomic E-state index is 12.2. The van der Waals surface area contributed by atoms with Crippen molar-refractivity contribution >= 4 is 17.3 Å². The van der Waals surface area contributed by atoms with Gasteiger partial charge in [-0.25, -0.2) is 0 Å². The molecule has 2 aromatic carbocycles. The fourth-order valence-corrected chi connectivity index (χ4v) is 2.05. The summed E-state index contributed by atoms with van der Waals surface area (Å²) in [4.78, 5) is 14.3. The summed E-state index contributed by atoms with van der Waals surface area (Å²) in [5.41, 5.74) is 3.36. The lowest BCUT2D eigenvalue weighted by molar-refractivity contribution is 0.102. The summed E-state index contributed by atoms with van der Waals surface area (Å²) < 4.78 is 0. The van der Waals surface area contributed by atoms with Crippen LogP contribution in [0, 0.1) is 11.3 Å². The quantitative estimate of drug-likeness (QED) is 0.918. The first-order valence-corrected chi connectivity index (χ1v) is 7.22. The van der Waals surface area contributed by atoms with Crippen molar-refractivity contribution in [2.45, 2.75) is 13.3 Å². The average Bonchev–Trinajstić information content (AvgIpc) is 2.56. The van der Waals surface area contributed by atoms with E-state index in [2.05, 4.69) is 23.2 Å². The molecule has 0 unspecified atom stereocenters. The van der Waals surface area contributed by atoms with Crippen LogP contribution in [-0.2, 0) is 6.42 Å². The van der Waals surface area contributed by atoms with Gasteiger partial charge in [0.15, 0.2) is 0 Å². The number of carbonyl (C=O) groups is 1. The number of amides is 1. The smallest absolute Gasteiger partial charge is 0.255 e. The van der Waals surface area contributed by atoms with Crippen LogP contribution in [0.4, 0.5) is 11.4 Å². The van der Waals surface area contributed by atoms with Gasteiger partial charge in [-0.2, -0.15) is 5.26 Å². The molecule has 4 nitrogen and oxygen atoms in total. The number of carbonyl (C=O) groups excluding carboxylic acids is 1. The van der Waals surface area contributed by atoms with Gasteiger partial charge in [-0.05, 0) is 48.9 Å². The second-order valence-corrected chi connectivity index (χ2v) is 5.05. The third kappa shape index (κ3) is 3.86. The number of nitriles is 1. The summed E-state index contributed by atoms with van der Waals surface area (Å²) in [6, 6.07) is 16.9. The van der Waals surface area contributed by atoms with E-state index >= 15 is 0 Å². The van der Waals surface area contributed by atoms with Crippen LogP contribution < -0.4 is 10.2 Å². The fraction of sp³-hybridized carbons (Fsp3) is 0.222. The lowest BCUT2D eigenvalue weighted by Gasteiger charge is -2.16. The van der Waals surface area contributed by atoms with E-state index in [-0.39, 0.29) is 5.91 Å². The fourth-order valence-electron chi connectivity index (χ4n) is 2.05. The van der Waals surface area contributed by atoms with Crippen molar-refractivity contribution in [3.8, 4) is 6.07 Å². The molecule has 0 fully saturated rings. The Morgan fingerprint density at radius 3 is 2.32 bits per heavy atom. The maximum Gasteiger partial charge on any atom is 0.255 e. The van der Waals surface area contributed by atoms with Gasteiger partial charge >= 0.3 is 0 Å². The number of anilines is 2. The van der Waals surface area contributed by atoms with E-state index in [1.54, 1.807) is 0 Å². The second kappa shape index (κ2) is 7.28. The van der Waals surface area contributed by atoms with Crippen LogP contribution >= 0.6 is 0 Å². The number of nitrogens with one attached hydrogen (secondary N) is 1. The standard InChI is InChI=1S/C18H19N3O/c1-3-21(2)17-10-6-15(7-11-17)18(22)20-16-8-4-14(5-9-16)12-13-19/h4-11H,3,12H2,1-2H3,(H,20,22). The van der Waals surface area contributed by atoms with E-state index in [1.165, 1.54) is 0 Å². The Bertz CT molecular complexity index is 669. The van der Waals surface area contributed by atoms with Gasteiger partial charge in [0.2, 0.25) is 0 Å². The van der Waals surface area contributed by atoms with Crippen LogP contribution in [-0.4, -0.2) is 19.5 Å². The van der Waals surface area contributed by atoms with Crippen LogP contribution in [0.1, 0.15) is 22.8 Å². The summed E-state index contributed by atoms with van der Waals surface area (Å²) in [6.07, 6.45) is 0.376. The minimum absolute atomic E-state index is 0.140. The first-order valence-electron chi connectivity index (χ1n) is 7.22. The molecule has 0 aliphatic heterocycles. The van der Waals surface area contributed by atoms with Crippen molar-refractivity contribution < 1.29 is 4.79 Å². The van der Waals surface area contributed by atoms with E-state index in [0.29, 0.717) is 12.0 Å². The van der Waals surface area contributed by atoms with E-state index in [9.17, 15) is 4.79 Å². The van der Waals surface area contributed by atoms with E-state index < -0.39 is 0 Å². The van der Waals surface area contributed by atoms with Gasteiger partial charge in [-0.3, -0.25) is 4.79 Å². The molecule has 0 spiro atoms. The number of rotatable bonds is 5. The summed E-state index contributed by atoms with van der Waals surface area (Å²) in [7, 11) is 2.01. The molecule has 22 heavy (non-hydrogen) atoms. The third-order valence-electron chi connectivity index (χ3n) is 3.54. The predicted molar refractivity (Wildman–Crippen MR) is 89.1 cm³/mol. The normalized spacial score (nSPS) is 9.86. The zero-order valence-corrected chi connectivity index (χ0v) is 12.8. The highest BCUT2D eigenvalue weighted by molar-refractivity contribution is 6.04. The summed E-state index contributed by atoms with van der Waals surface area (Å²) in [6.45, 7) is 3.00. The minimum Gasteiger partial charge on any atom is -0.375 e. The maximum absolute atomic E-state index is 12.2. The van der Waals surface area contributed by atoms with E-state index in [0.717, 1.165) is 23.5 Å². The highest BCUT2D eigenvalue weighted by Gasteiger charge is 2.07. The Labute approximate surface area is 131 Å². The van der Waals surface area contributed by atoms with Crippen molar-refractivity contribution in [1.82, 2.24) is 0 Å². The zero-order valence-electron chi connectivity index (χ0n) is 12.8. The van der Waals surface area contributed by atoms with Crippen LogP contribution in [0.3, 0.4) is 0 Å². The van der Waals surface area contributed by atoms with Gasteiger partial charge < -0.3 is 10.2 Å². The molecule has 2 rings (SSSR count). The second-order valence-electron chi connectivity index (χ2n) is 5.05. The molecule has 4 heteroatoms. The van der Waals surface area contributed by atoms with Gasteiger partial charge in [0.05, 0.1) is 12.5 Å². The molecular weight excluding hydrogens is 274 g/mol. The van der Waals surface area contributed by atoms with Gasteiger partial charge in [-0.15, -0.1) is 0 Å². The van der Waals surface area contributed by atoms with Crippen LogP contribution in [0.15, 0.2) is 48.5 Å². The van der Waals surface area contributed by atoms with Gasteiger partial charge in [-0.1, -0.05) is 12.1 Å².